The van der Waals surface area contributed by atoms with E-state index in [2.05, 4.69) is 4.98 Å². The summed E-state index contributed by atoms with van der Waals surface area (Å²) >= 11 is 1.03. The molecule has 2 aromatic rings. The molecule has 0 aliphatic heterocycles. The zero-order valence-corrected chi connectivity index (χ0v) is 13.5. The van der Waals surface area contributed by atoms with Gasteiger partial charge in [0, 0.05) is 13.6 Å². The number of halogens is 4. The zero-order valence-electron chi connectivity index (χ0n) is 12.7. The third kappa shape index (κ3) is 3.93. The smallest absolute Gasteiger partial charge is 0.375 e. The number of carbonyl (C=O) groups is 1. The first kappa shape index (κ1) is 18.4. The lowest BCUT2D eigenvalue weighted by molar-refractivity contribution is -0.171. The lowest BCUT2D eigenvalue weighted by atomic mass is 9.96. The van der Waals surface area contributed by atoms with Crippen LogP contribution in [-0.4, -0.2) is 48.3 Å². The summed E-state index contributed by atoms with van der Waals surface area (Å²) in [6, 6.07) is 2.80. The first-order chi connectivity index (χ1) is 11.1. The fourth-order valence-electron chi connectivity index (χ4n) is 2.32. The van der Waals surface area contributed by atoms with Crippen LogP contribution >= 0.6 is 11.3 Å². The van der Waals surface area contributed by atoms with Crippen molar-refractivity contribution in [2.24, 2.45) is 5.73 Å². The normalized spacial score (nSPS) is 14.6. The molecular weight excluding hydrogens is 348 g/mol. The molecule has 1 heterocycles. The van der Waals surface area contributed by atoms with Crippen molar-refractivity contribution >= 4 is 32.6 Å². The SMILES string of the molecule is CN(C[C@@H](N)CF)C(=O)[C@@H](c1ccc2nc(N)sc2c1)C(F)(F)F. The van der Waals surface area contributed by atoms with Gasteiger partial charge in [0.05, 0.1) is 16.3 Å². The molecule has 132 valence electrons. The van der Waals surface area contributed by atoms with Gasteiger partial charge >= 0.3 is 6.18 Å². The van der Waals surface area contributed by atoms with E-state index in [9.17, 15) is 22.4 Å². The monoisotopic (exact) mass is 364 g/mol. The minimum atomic E-state index is -4.80. The van der Waals surface area contributed by atoms with Crippen LogP contribution in [0.25, 0.3) is 10.2 Å². The maximum atomic E-state index is 13.5. The minimum absolute atomic E-state index is 0.218. The number of likely N-dealkylation sites (N-methyl/N-ethyl adjacent to an activating group) is 1. The minimum Gasteiger partial charge on any atom is -0.375 e. The highest BCUT2D eigenvalue weighted by Crippen LogP contribution is 2.38. The fraction of sp³-hybridized carbons (Fsp3) is 0.429. The van der Waals surface area contributed by atoms with Crippen molar-refractivity contribution in [3.63, 3.8) is 0 Å². The van der Waals surface area contributed by atoms with Crippen LogP contribution in [0, 0.1) is 0 Å². The Bertz CT molecular complexity index is 733. The number of hydrogen-bond donors (Lipinski definition) is 2. The number of nitrogens with two attached hydrogens (primary N) is 2. The molecule has 0 saturated carbocycles. The summed E-state index contributed by atoms with van der Waals surface area (Å²) in [5.41, 5.74) is 11.1. The second kappa shape index (κ2) is 6.89. The molecule has 10 heteroatoms. The maximum Gasteiger partial charge on any atom is 0.404 e. The molecule has 1 aromatic carbocycles. The third-order valence-electron chi connectivity index (χ3n) is 3.42. The predicted octanol–water partition coefficient (Wildman–Crippen LogP) is 2.28. The number of rotatable bonds is 5. The maximum absolute atomic E-state index is 13.5. The zero-order chi connectivity index (χ0) is 18.1. The number of nitrogens with zero attached hydrogens (tertiary/aromatic N) is 2. The van der Waals surface area contributed by atoms with E-state index in [1.54, 1.807) is 0 Å². The van der Waals surface area contributed by atoms with Crippen molar-refractivity contribution in [2.75, 3.05) is 26.0 Å². The van der Waals surface area contributed by atoms with Crippen molar-refractivity contribution < 1.29 is 22.4 Å². The topological polar surface area (TPSA) is 85.2 Å². The Hall–Kier alpha value is -1.94. The molecular formula is C14H16F4N4OS. The third-order valence-corrected chi connectivity index (χ3v) is 4.27. The molecule has 1 aromatic heterocycles. The van der Waals surface area contributed by atoms with Gasteiger partial charge in [-0.15, -0.1) is 0 Å². The summed E-state index contributed by atoms with van der Waals surface area (Å²) < 4.78 is 53.3. The van der Waals surface area contributed by atoms with Crippen LogP contribution in [0.1, 0.15) is 11.5 Å². The number of hydrogen-bond acceptors (Lipinski definition) is 5. The molecule has 0 radical (unpaired) electrons. The Balaban J connectivity index is 2.38. The highest BCUT2D eigenvalue weighted by Gasteiger charge is 2.47. The number of anilines is 1. The molecule has 0 saturated heterocycles. The number of fused-ring (bicyclic) bond motifs is 1. The molecule has 24 heavy (non-hydrogen) atoms. The summed E-state index contributed by atoms with van der Waals surface area (Å²) in [6.45, 7) is -1.24. The fourth-order valence-corrected chi connectivity index (χ4v) is 3.10. The van der Waals surface area contributed by atoms with Crippen LogP contribution in [0.5, 0.6) is 0 Å². The van der Waals surface area contributed by atoms with Gasteiger partial charge in [-0.25, -0.2) is 9.37 Å². The summed E-state index contributed by atoms with van der Waals surface area (Å²) in [5, 5.41) is 0.225. The summed E-state index contributed by atoms with van der Waals surface area (Å²) in [6.07, 6.45) is -4.80. The summed E-state index contributed by atoms with van der Waals surface area (Å²) in [5.74, 6) is -3.55. The quantitative estimate of drug-likeness (QED) is 0.797. The van der Waals surface area contributed by atoms with Crippen molar-refractivity contribution in [1.82, 2.24) is 9.88 Å². The van der Waals surface area contributed by atoms with E-state index in [0.717, 1.165) is 16.2 Å². The Kier molecular flexibility index (Phi) is 5.29. The van der Waals surface area contributed by atoms with E-state index in [1.165, 1.54) is 25.2 Å². The van der Waals surface area contributed by atoms with Crippen LogP contribution in [0.4, 0.5) is 22.7 Å². The second-order valence-electron chi connectivity index (χ2n) is 5.39. The van der Waals surface area contributed by atoms with Gasteiger partial charge in [-0.05, 0) is 17.7 Å². The number of thiazole rings is 1. The lowest BCUT2D eigenvalue weighted by Gasteiger charge is -2.27. The summed E-state index contributed by atoms with van der Waals surface area (Å²) in [7, 11) is 1.17. The molecule has 2 atom stereocenters. The van der Waals surface area contributed by atoms with Crippen LogP contribution in [-0.2, 0) is 4.79 Å². The van der Waals surface area contributed by atoms with E-state index in [4.69, 9.17) is 11.5 Å². The molecule has 1 amide bonds. The molecule has 0 aliphatic rings. The van der Waals surface area contributed by atoms with Crippen LogP contribution < -0.4 is 11.5 Å². The van der Waals surface area contributed by atoms with E-state index in [1.807, 2.05) is 0 Å². The average molecular weight is 364 g/mol. The van der Waals surface area contributed by atoms with Crippen molar-refractivity contribution in [3.8, 4) is 0 Å². The molecule has 0 fully saturated rings. The van der Waals surface area contributed by atoms with Crippen molar-refractivity contribution in [1.29, 1.82) is 0 Å². The van der Waals surface area contributed by atoms with Gasteiger partial charge in [0.1, 0.15) is 6.67 Å². The number of amides is 1. The highest BCUT2D eigenvalue weighted by atomic mass is 32.1. The Morgan fingerprint density at radius 3 is 2.67 bits per heavy atom. The van der Waals surface area contributed by atoms with E-state index in [-0.39, 0.29) is 17.2 Å². The molecule has 2 rings (SSSR count). The van der Waals surface area contributed by atoms with E-state index >= 15 is 0 Å². The van der Waals surface area contributed by atoms with Crippen LogP contribution in [0.2, 0.25) is 0 Å². The van der Waals surface area contributed by atoms with Crippen LogP contribution in [0.3, 0.4) is 0 Å². The first-order valence-electron chi connectivity index (χ1n) is 6.92. The van der Waals surface area contributed by atoms with Gasteiger partial charge in [-0.3, -0.25) is 4.79 Å². The molecule has 0 bridgehead atoms. The van der Waals surface area contributed by atoms with Gasteiger partial charge in [-0.1, -0.05) is 17.4 Å². The predicted molar refractivity (Wildman–Crippen MR) is 84.4 cm³/mol. The number of alkyl halides is 4. The number of aromatic nitrogens is 1. The van der Waals surface area contributed by atoms with E-state index in [0.29, 0.717) is 10.2 Å². The number of benzene rings is 1. The molecule has 0 spiro atoms. The van der Waals surface area contributed by atoms with Gasteiger partial charge in [0.25, 0.3) is 0 Å². The summed E-state index contributed by atoms with van der Waals surface area (Å²) in [4.78, 5) is 17.0. The molecule has 0 unspecified atom stereocenters. The van der Waals surface area contributed by atoms with Crippen molar-refractivity contribution in [2.45, 2.75) is 18.1 Å². The molecule has 0 aliphatic carbocycles. The van der Waals surface area contributed by atoms with Gasteiger partial charge in [0.15, 0.2) is 11.0 Å². The molecule has 4 N–H and O–H groups in total. The number of carbonyl (C=O) groups excluding carboxylic acids is 1. The van der Waals surface area contributed by atoms with Crippen LogP contribution in [0.15, 0.2) is 18.2 Å². The van der Waals surface area contributed by atoms with Gasteiger partial charge in [0.2, 0.25) is 5.91 Å². The Morgan fingerprint density at radius 2 is 2.08 bits per heavy atom. The van der Waals surface area contributed by atoms with Crippen molar-refractivity contribution in [3.05, 3.63) is 23.8 Å². The second-order valence-corrected chi connectivity index (χ2v) is 6.45. The largest absolute Gasteiger partial charge is 0.404 e. The lowest BCUT2D eigenvalue weighted by Crippen LogP contribution is -2.44. The number of nitrogen functional groups attached to an aromatic ring is 1. The van der Waals surface area contributed by atoms with Gasteiger partial charge in [-0.2, -0.15) is 13.2 Å². The first-order valence-corrected chi connectivity index (χ1v) is 7.74. The standard InChI is InChI=1S/C14H16F4N4OS/c1-22(6-8(19)5-15)12(23)11(14(16,17)18)7-2-3-9-10(4-7)24-13(20)21-9/h2-4,8,11H,5-6,19H2,1H3,(H2,20,21)/t8-,11+/m0/s1. The van der Waals surface area contributed by atoms with Gasteiger partial charge < -0.3 is 16.4 Å². The van der Waals surface area contributed by atoms with E-state index < -0.39 is 30.7 Å². The average Bonchev–Trinajstić information content (AvgIpc) is 2.84. The Labute approximate surface area is 139 Å². The highest BCUT2D eigenvalue weighted by molar-refractivity contribution is 7.22. The molecule has 5 nitrogen and oxygen atoms in total. The Morgan fingerprint density at radius 1 is 1.42 bits per heavy atom.